The standard InChI is InChI=1S/C37H44N4O8/c1-43-30-8-7-21(29-19-38-40-41(29)26-14-31(44-2)33(46-4)32(15-26)45-3)10-28(30)39-34(42)48-27-6-5-9-35(18-27)20-47-37(49-35)24-12-22-11-23-13-25(37)17-36(22,23)16-24/h7-8,10,14-15,19,22-25,27H,5-6,9,11-13,16-18,20H2,1-4H3,(H,39,42). The molecule has 3 bridgehead atoms. The minimum atomic E-state index is -0.531. The lowest BCUT2D eigenvalue weighted by Crippen LogP contribution is -2.50. The van der Waals surface area contributed by atoms with Crippen molar-refractivity contribution in [3.8, 4) is 39.9 Å². The van der Waals surface area contributed by atoms with Crippen molar-refractivity contribution in [2.24, 2.45) is 29.1 Å². The molecule has 5 saturated carbocycles. The van der Waals surface area contributed by atoms with Crippen molar-refractivity contribution >= 4 is 11.8 Å². The zero-order chi connectivity index (χ0) is 33.5. The van der Waals surface area contributed by atoms with Crippen molar-refractivity contribution < 1.29 is 38.0 Å². The molecule has 2 heterocycles. The predicted molar refractivity (Wildman–Crippen MR) is 177 cm³/mol. The molecule has 1 N–H and O–H groups in total. The molecule has 0 radical (unpaired) electrons. The molecule has 1 aromatic heterocycles. The maximum absolute atomic E-state index is 13.5. The van der Waals surface area contributed by atoms with Crippen LogP contribution in [0.1, 0.15) is 57.8 Å². The van der Waals surface area contributed by atoms with Gasteiger partial charge in [0.25, 0.3) is 0 Å². The van der Waals surface area contributed by atoms with Crippen LogP contribution in [0.25, 0.3) is 16.9 Å². The van der Waals surface area contributed by atoms with Gasteiger partial charge in [0, 0.05) is 36.0 Å². The molecule has 6 atom stereocenters. The van der Waals surface area contributed by atoms with E-state index in [1.807, 2.05) is 12.1 Å². The molecule has 12 nitrogen and oxygen atoms in total. The number of amides is 1. The molecular formula is C37H44N4O8. The summed E-state index contributed by atoms with van der Waals surface area (Å²) >= 11 is 0. The van der Waals surface area contributed by atoms with Gasteiger partial charge in [-0.15, -0.1) is 5.10 Å². The minimum absolute atomic E-state index is 0.268. The molecule has 260 valence electrons. The van der Waals surface area contributed by atoms with Crippen molar-refractivity contribution in [3.05, 3.63) is 36.5 Å². The molecule has 12 heteroatoms. The molecule has 49 heavy (non-hydrogen) atoms. The highest BCUT2D eigenvalue weighted by Crippen LogP contribution is 2.79. The lowest BCUT2D eigenvalue weighted by atomic mass is 9.56. The topological polar surface area (TPSA) is 124 Å². The van der Waals surface area contributed by atoms with Crippen molar-refractivity contribution in [2.75, 3.05) is 40.4 Å². The van der Waals surface area contributed by atoms with Gasteiger partial charge in [-0.05, 0) is 86.8 Å². The second kappa shape index (κ2) is 11.2. The molecule has 6 aliphatic rings. The Balaban J connectivity index is 0.911. The summed E-state index contributed by atoms with van der Waals surface area (Å²) < 4.78 is 43.9. The van der Waals surface area contributed by atoms with Crippen LogP contribution < -0.4 is 24.3 Å². The number of anilines is 1. The Kier molecular flexibility index (Phi) is 7.11. The molecule has 1 saturated heterocycles. The lowest BCUT2D eigenvalue weighted by molar-refractivity contribution is -0.265. The zero-order valence-corrected chi connectivity index (χ0v) is 28.5. The Morgan fingerprint density at radius 3 is 2.31 bits per heavy atom. The molecule has 3 spiro atoms. The number of ether oxygens (including phenoxy) is 7. The van der Waals surface area contributed by atoms with Crippen LogP contribution in [0.15, 0.2) is 36.5 Å². The smallest absolute Gasteiger partial charge is 0.412 e. The van der Waals surface area contributed by atoms with Gasteiger partial charge in [0.2, 0.25) is 5.75 Å². The largest absolute Gasteiger partial charge is 0.495 e. The third-order valence-electron chi connectivity index (χ3n) is 12.9. The Morgan fingerprint density at radius 2 is 1.61 bits per heavy atom. The van der Waals surface area contributed by atoms with Crippen LogP contribution in [0.2, 0.25) is 0 Å². The Hall–Kier alpha value is -4.03. The fraction of sp³-hybridized carbons (Fsp3) is 0.595. The van der Waals surface area contributed by atoms with Crippen LogP contribution in [0, 0.1) is 29.1 Å². The van der Waals surface area contributed by atoms with E-state index in [1.54, 1.807) is 57.5 Å². The van der Waals surface area contributed by atoms with Crippen LogP contribution in [0.5, 0.6) is 23.0 Å². The number of aromatic nitrogens is 3. The van der Waals surface area contributed by atoms with Crippen molar-refractivity contribution in [3.63, 3.8) is 0 Å². The van der Waals surface area contributed by atoms with Crippen LogP contribution >= 0.6 is 0 Å². The van der Waals surface area contributed by atoms with Crippen molar-refractivity contribution in [2.45, 2.75) is 75.3 Å². The van der Waals surface area contributed by atoms with E-state index in [9.17, 15) is 4.79 Å². The van der Waals surface area contributed by atoms with Gasteiger partial charge in [0.05, 0.1) is 63.9 Å². The van der Waals surface area contributed by atoms with E-state index in [0.29, 0.717) is 70.3 Å². The number of rotatable bonds is 8. The fourth-order valence-electron chi connectivity index (χ4n) is 10.8. The fourth-order valence-corrected chi connectivity index (χ4v) is 10.8. The first-order chi connectivity index (χ1) is 23.8. The first-order valence-corrected chi connectivity index (χ1v) is 17.5. The summed E-state index contributed by atoms with van der Waals surface area (Å²) in [5.41, 5.74) is 2.76. The third kappa shape index (κ3) is 4.59. The number of benzene rings is 2. The molecule has 9 rings (SSSR count). The summed E-state index contributed by atoms with van der Waals surface area (Å²) in [4.78, 5) is 13.5. The molecular weight excluding hydrogens is 628 g/mol. The first-order valence-electron chi connectivity index (χ1n) is 17.5. The number of fused-ring (bicyclic) bond motifs is 4. The van der Waals surface area contributed by atoms with Crippen LogP contribution in [-0.2, 0) is 14.2 Å². The van der Waals surface area contributed by atoms with Gasteiger partial charge in [-0.25, -0.2) is 9.48 Å². The van der Waals surface area contributed by atoms with Crippen LogP contribution in [0.3, 0.4) is 0 Å². The van der Waals surface area contributed by atoms with E-state index in [1.165, 1.54) is 32.1 Å². The van der Waals surface area contributed by atoms with E-state index >= 15 is 0 Å². The quantitative estimate of drug-likeness (QED) is 0.288. The maximum Gasteiger partial charge on any atom is 0.412 e. The number of hydrogen-bond donors (Lipinski definition) is 1. The van der Waals surface area contributed by atoms with E-state index in [2.05, 4.69) is 15.6 Å². The normalized spacial score (nSPS) is 34.9. The van der Waals surface area contributed by atoms with E-state index < -0.39 is 17.5 Å². The molecule has 6 fully saturated rings. The predicted octanol–water partition coefficient (Wildman–Crippen LogP) is 6.40. The number of nitrogens with zero attached hydrogens (tertiary/aromatic N) is 3. The second-order valence-corrected chi connectivity index (χ2v) is 15.0. The van der Waals surface area contributed by atoms with Crippen molar-refractivity contribution in [1.29, 1.82) is 0 Å². The van der Waals surface area contributed by atoms with Gasteiger partial charge in [0.1, 0.15) is 11.9 Å². The van der Waals surface area contributed by atoms with Gasteiger partial charge in [0.15, 0.2) is 17.3 Å². The van der Waals surface area contributed by atoms with E-state index in [-0.39, 0.29) is 6.10 Å². The minimum Gasteiger partial charge on any atom is -0.495 e. The summed E-state index contributed by atoms with van der Waals surface area (Å²) in [6, 6.07) is 9.09. The van der Waals surface area contributed by atoms with Gasteiger partial charge in [-0.3, -0.25) is 5.32 Å². The monoisotopic (exact) mass is 672 g/mol. The number of methoxy groups -OCH3 is 4. The van der Waals surface area contributed by atoms with Crippen LogP contribution in [-0.4, -0.2) is 73.6 Å². The Morgan fingerprint density at radius 1 is 0.898 bits per heavy atom. The molecule has 6 unspecified atom stereocenters. The second-order valence-electron chi connectivity index (χ2n) is 15.0. The molecule has 3 aromatic rings. The van der Waals surface area contributed by atoms with Crippen LogP contribution in [0.4, 0.5) is 10.5 Å². The first kappa shape index (κ1) is 31.0. The highest BCUT2D eigenvalue weighted by Gasteiger charge is 2.76. The van der Waals surface area contributed by atoms with Gasteiger partial charge >= 0.3 is 6.09 Å². The number of hydrogen-bond acceptors (Lipinski definition) is 10. The maximum atomic E-state index is 13.5. The summed E-state index contributed by atoms with van der Waals surface area (Å²) in [6.45, 7) is 0.591. The number of carbonyl (C=O) groups excluding carboxylic acids is 1. The summed E-state index contributed by atoms with van der Waals surface area (Å²) in [5.74, 6) is 4.29. The number of carbonyl (C=O) groups is 1. The molecule has 5 aliphatic carbocycles. The van der Waals surface area contributed by atoms with Gasteiger partial charge in [-0.2, -0.15) is 0 Å². The van der Waals surface area contributed by atoms with Gasteiger partial charge < -0.3 is 33.2 Å². The highest BCUT2D eigenvalue weighted by molar-refractivity contribution is 5.88. The third-order valence-corrected chi connectivity index (χ3v) is 12.9. The molecule has 2 aromatic carbocycles. The van der Waals surface area contributed by atoms with E-state index in [0.717, 1.165) is 36.7 Å². The Bertz CT molecular complexity index is 1740. The summed E-state index contributed by atoms with van der Waals surface area (Å²) in [6.07, 6.45) is 10.6. The zero-order valence-electron chi connectivity index (χ0n) is 28.5. The molecule has 1 amide bonds. The molecule has 1 aliphatic heterocycles. The number of nitrogens with one attached hydrogen (secondary N) is 1. The Labute approximate surface area is 285 Å². The average Bonchev–Trinajstić information content (AvgIpc) is 3.86. The average molecular weight is 673 g/mol. The SMILES string of the molecule is COc1ccc(-c2cnnn2-c2cc(OC)c(OC)c(OC)c2)cc1NC(=O)OC1CCCC2(COC3(O2)C2CC4CC5CC3CC45C2)C1. The van der Waals surface area contributed by atoms with E-state index in [4.69, 9.17) is 33.2 Å². The summed E-state index contributed by atoms with van der Waals surface area (Å²) in [5, 5.41) is 11.4. The lowest BCUT2D eigenvalue weighted by Gasteiger charge is -2.50. The van der Waals surface area contributed by atoms with Crippen molar-refractivity contribution in [1.82, 2.24) is 15.0 Å². The summed E-state index contributed by atoms with van der Waals surface area (Å²) in [7, 11) is 6.25. The van der Waals surface area contributed by atoms with Gasteiger partial charge in [-0.1, -0.05) is 5.21 Å². The highest BCUT2D eigenvalue weighted by atomic mass is 16.8.